The number of furan rings is 1. The Morgan fingerprint density at radius 1 is 0.318 bits per heavy atom. The van der Waals surface area contributed by atoms with Crippen molar-refractivity contribution in [2.24, 2.45) is 0 Å². The highest BCUT2D eigenvalue weighted by Gasteiger charge is 2.16. The number of rotatable bonds is 4. The molecule has 2 heteroatoms. The second-order valence-electron chi connectivity index (χ2n) is 11.4. The molecule has 206 valence electrons. The molecule has 0 unspecified atom stereocenters. The van der Waals surface area contributed by atoms with E-state index >= 15 is 0 Å². The van der Waals surface area contributed by atoms with E-state index in [9.17, 15) is 0 Å². The van der Waals surface area contributed by atoms with E-state index in [0.29, 0.717) is 0 Å². The van der Waals surface area contributed by atoms with Crippen LogP contribution in [0.15, 0.2) is 168 Å². The number of nitrogens with zero attached hydrogens (tertiary/aromatic N) is 1. The molecule has 9 aromatic rings. The van der Waals surface area contributed by atoms with Crippen LogP contribution in [0.25, 0.3) is 65.4 Å². The van der Waals surface area contributed by atoms with E-state index in [4.69, 9.17) is 4.42 Å². The van der Waals surface area contributed by atoms with Gasteiger partial charge in [-0.2, -0.15) is 0 Å². The number of para-hydroxylation sites is 1. The van der Waals surface area contributed by atoms with E-state index in [0.717, 1.165) is 39.0 Å². The van der Waals surface area contributed by atoms with Crippen LogP contribution in [-0.4, -0.2) is 0 Å². The van der Waals surface area contributed by atoms with Gasteiger partial charge in [-0.1, -0.05) is 109 Å². The first-order chi connectivity index (χ1) is 21.8. The lowest BCUT2D eigenvalue weighted by Gasteiger charge is -2.26. The van der Waals surface area contributed by atoms with Gasteiger partial charge in [-0.05, 0) is 98.0 Å². The number of hydrogen-bond acceptors (Lipinski definition) is 2. The summed E-state index contributed by atoms with van der Waals surface area (Å²) in [7, 11) is 0. The summed E-state index contributed by atoms with van der Waals surface area (Å²) in [5.74, 6) is 0. The summed E-state index contributed by atoms with van der Waals surface area (Å²) in [6.45, 7) is 0. The van der Waals surface area contributed by atoms with Crippen LogP contribution in [0.1, 0.15) is 0 Å². The summed E-state index contributed by atoms with van der Waals surface area (Å²) in [4.78, 5) is 2.37. The van der Waals surface area contributed by atoms with Gasteiger partial charge in [0.05, 0.1) is 0 Å². The number of hydrogen-bond donors (Lipinski definition) is 0. The Hall–Kier alpha value is -5.86. The second-order valence-corrected chi connectivity index (χ2v) is 11.4. The van der Waals surface area contributed by atoms with Crippen molar-refractivity contribution in [1.29, 1.82) is 0 Å². The van der Waals surface area contributed by atoms with Crippen molar-refractivity contribution in [3.8, 4) is 11.1 Å². The van der Waals surface area contributed by atoms with Gasteiger partial charge in [-0.15, -0.1) is 0 Å². The predicted octanol–water partition coefficient (Wildman–Crippen LogP) is 12.2. The molecule has 0 aliphatic heterocycles. The van der Waals surface area contributed by atoms with Gasteiger partial charge < -0.3 is 9.32 Å². The van der Waals surface area contributed by atoms with Crippen LogP contribution >= 0.6 is 0 Å². The maximum atomic E-state index is 6.22. The highest BCUT2D eigenvalue weighted by atomic mass is 16.3. The molecule has 0 radical (unpaired) electrons. The fraction of sp³-hybridized carbons (Fsp3) is 0. The van der Waals surface area contributed by atoms with E-state index in [2.05, 4.69) is 157 Å². The van der Waals surface area contributed by atoms with Crippen molar-refractivity contribution in [3.63, 3.8) is 0 Å². The Kier molecular flexibility index (Phi) is 5.54. The first kappa shape index (κ1) is 24.7. The molecular weight excluding hydrogens is 534 g/mol. The lowest BCUT2D eigenvalue weighted by molar-refractivity contribution is 0.669. The fourth-order valence-electron chi connectivity index (χ4n) is 6.60. The van der Waals surface area contributed by atoms with Crippen LogP contribution in [0.4, 0.5) is 17.1 Å². The van der Waals surface area contributed by atoms with E-state index < -0.39 is 0 Å². The molecule has 0 amide bonds. The average Bonchev–Trinajstić information content (AvgIpc) is 3.45. The van der Waals surface area contributed by atoms with Gasteiger partial charge >= 0.3 is 0 Å². The average molecular weight is 562 g/mol. The highest BCUT2D eigenvalue weighted by molar-refractivity contribution is 6.17. The summed E-state index contributed by atoms with van der Waals surface area (Å²) >= 11 is 0. The van der Waals surface area contributed by atoms with E-state index in [1.165, 1.54) is 43.4 Å². The van der Waals surface area contributed by atoms with Crippen molar-refractivity contribution in [2.45, 2.75) is 0 Å². The molecule has 0 saturated carbocycles. The molecule has 0 bridgehead atoms. The largest absolute Gasteiger partial charge is 0.456 e. The molecule has 44 heavy (non-hydrogen) atoms. The molecule has 0 fully saturated rings. The molecule has 0 aliphatic carbocycles. The first-order valence-corrected chi connectivity index (χ1v) is 15.0. The Bertz CT molecular complexity index is 2490. The summed E-state index contributed by atoms with van der Waals surface area (Å²) in [5, 5.41) is 9.58. The molecule has 0 saturated heterocycles. The third kappa shape index (κ3) is 4.04. The minimum atomic E-state index is 0.921. The summed E-state index contributed by atoms with van der Waals surface area (Å²) in [5.41, 5.74) is 7.61. The van der Waals surface area contributed by atoms with Gasteiger partial charge in [0.2, 0.25) is 0 Å². The number of anilines is 3. The van der Waals surface area contributed by atoms with Crippen LogP contribution < -0.4 is 4.90 Å². The van der Waals surface area contributed by atoms with Crippen LogP contribution in [-0.2, 0) is 0 Å². The highest BCUT2D eigenvalue weighted by Crippen LogP contribution is 2.41. The van der Waals surface area contributed by atoms with Gasteiger partial charge in [-0.3, -0.25) is 0 Å². The topological polar surface area (TPSA) is 16.4 Å². The van der Waals surface area contributed by atoms with Crippen LogP contribution in [0.5, 0.6) is 0 Å². The monoisotopic (exact) mass is 561 g/mol. The molecule has 0 N–H and O–H groups in total. The van der Waals surface area contributed by atoms with Crippen molar-refractivity contribution in [2.75, 3.05) is 4.90 Å². The lowest BCUT2D eigenvalue weighted by atomic mass is 9.98. The molecule has 8 aromatic carbocycles. The van der Waals surface area contributed by atoms with E-state index in [1.54, 1.807) is 0 Å². The smallest absolute Gasteiger partial charge is 0.136 e. The van der Waals surface area contributed by atoms with Crippen LogP contribution in [0.3, 0.4) is 0 Å². The molecular formula is C42H27NO. The van der Waals surface area contributed by atoms with Crippen molar-refractivity contribution < 1.29 is 4.42 Å². The number of fused-ring (bicyclic) bond motifs is 7. The van der Waals surface area contributed by atoms with Crippen molar-refractivity contribution in [3.05, 3.63) is 164 Å². The molecule has 1 heterocycles. The summed E-state index contributed by atoms with van der Waals surface area (Å²) < 4.78 is 6.22. The van der Waals surface area contributed by atoms with Crippen molar-refractivity contribution in [1.82, 2.24) is 0 Å². The first-order valence-electron chi connectivity index (χ1n) is 15.0. The second kappa shape index (κ2) is 9.86. The molecule has 9 rings (SSSR count). The summed E-state index contributed by atoms with van der Waals surface area (Å²) in [6, 6.07) is 58.7. The SMILES string of the molecule is c1ccc(-c2ccc(N(c3ccc4ccccc4c3)c3ccc4ccc5cc6oc7ccccc7c6cc5c4c3)cc2)cc1. The van der Waals surface area contributed by atoms with E-state index in [-0.39, 0.29) is 0 Å². The van der Waals surface area contributed by atoms with Gasteiger partial charge in [0.15, 0.2) is 0 Å². The van der Waals surface area contributed by atoms with Gasteiger partial charge in [0.25, 0.3) is 0 Å². The Balaban J connectivity index is 1.26. The Labute approximate surface area is 255 Å². The third-order valence-corrected chi connectivity index (χ3v) is 8.80. The maximum Gasteiger partial charge on any atom is 0.136 e. The third-order valence-electron chi connectivity index (χ3n) is 8.80. The van der Waals surface area contributed by atoms with Gasteiger partial charge in [0.1, 0.15) is 11.2 Å². The normalized spacial score (nSPS) is 11.6. The minimum absolute atomic E-state index is 0.921. The number of benzene rings is 8. The van der Waals surface area contributed by atoms with Crippen molar-refractivity contribution >= 4 is 71.3 Å². The minimum Gasteiger partial charge on any atom is -0.456 e. The fourth-order valence-corrected chi connectivity index (χ4v) is 6.60. The van der Waals surface area contributed by atoms with Crippen LogP contribution in [0, 0.1) is 0 Å². The predicted molar refractivity (Wildman–Crippen MR) is 186 cm³/mol. The van der Waals surface area contributed by atoms with Gasteiger partial charge in [0, 0.05) is 27.8 Å². The van der Waals surface area contributed by atoms with Crippen LogP contribution in [0.2, 0.25) is 0 Å². The zero-order valence-electron chi connectivity index (χ0n) is 23.9. The Morgan fingerprint density at radius 2 is 0.932 bits per heavy atom. The molecule has 0 spiro atoms. The van der Waals surface area contributed by atoms with Gasteiger partial charge in [-0.25, -0.2) is 0 Å². The molecule has 2 nitrogen and oxygen atoms in total. The zero-order chi connectivity index (χ0) is 29.0. The zero-order valence-corrected chi connectivity index (χ0v) is 23.9. The van der Waals surface area contributed by atoms with E-state index in [1.807, 2.05) is 12.1 Å². The lowest BCUT2D eigenvalue weighted by Crippen LogP contribution is -2.10. The quantitative estimate of drug-likeness (QED) is 0.199. The standard InChI is InChI=1S/C42H27NO/c1-2-8-28(9-3-1)30-16-20-34(21-17-30)43(35-22-18-29-10-4-5-11-32(29)24-35)36-23-19-31-14-15-33-25-42-40(27-39(33)38(31)26-36)37-12-6-7-13-41(37)44-42/h1-27H. The Morgan fingerprint density at radius 3 is 1.80 bits per heavy atom. The molecule has 0 aliphatic rings. The summed E-state index contributed by atoms with van der Waals surface area (Å²) in [6.07, 6.45) is 0. The maximum absolute atomic E-state index is 6.22. The molecule has 1 aromatic heterocycles. The molecule has 0 atom stereocenters.